The lowest BCUT2D eigenvalue weighted by Gasteiger charge is -2.22. The number of carbonyl (C=O) groups is 1. The van der Waals surface area contributed by atoms with Gasteiger partial charge >= 0.3 is 0 Å². The lowest BCUT2D eigenvalue weighted by Crippen LogP contribution is -2.30. The average Bonchev–Trinajstić information content (AvgIpc) is 2.69. The van der Waals surface area contributed by atoms with E-state index in [1.165, 1.54) is 19.2 Å². The SMILES string of the molecule is CCOc1ccc(NS(=O)(=O)c2cc(NC(=O)C(C)(C)CC)ccc2OC)cc1. The van der Waals surface area contributed by atoms with Gasteiger partial charge in [-0.2, -0.15) is 0 Å². The second-order valence-corrected chi connectivity index (χ2v) is 8.77. The predicted molar refractivity (Wildman–Crippen MR) is 114 cm³/mol. The third-order valence-corrected chi connectivity index (χ3v) is 6.03. The zero-order valence-electron chi connectivity index (χ0n) is 17.4. The van der Waals surface area contributed by atoms with Crippen LogP contribution in [-0.4, -0.2) is 28.0 Å². The Bertz CT molecular complexity index is 954. The highest BCUT2D eigenvalue weighted by atomic mass is 32.2. The Labute approximate surface area is 172 Å². The highest BCUT2D eigenvalue weighted by molar-refractivity contribution is 7.92. The molecule has 0 saturated heterocycles. The van der Waals surface area contributed by atoms with Crippen LogP contribution in [0.15, 0.2) is 47.4 Å². The van der Waals surface area contributed by atoms with Crippen LogP contribution in [0.4, 0.5) is 11.4 Å². The Morgan fingerprint density at radius 1 is 1.03 bits per heavy atom. The summed E-state index contributed by atoms with van der Waals surface area (Å²) in [6.45, 7) is 7.98. The molecule has 2 N–H and O–H groups in total. The van der Waals surface area contributed by atoms with Crippen molar-refractivity contribution in [2.24, 2.45) is 5.41 Å². The van der Waals surface area contributed by atoms with E-state index in [9.17, 15) is 13.2 Å². The van der Waals surface area contributed by atoms with Crippen LogP contribution >= 0.6 is 0 Å². The van der Waals surface area contributed by atoms with E-state index in [1.807, 2.05) is 27.7 Å². The van der Waals surface area contributed by atoms with E-state index >= 15 is 0 Å². The van der Waals surface area contributed by atoms with Crippen molar-refractivity contribution in [3.63, 3.8) is 0 Å². The number of methoxy groups -OCH3 is 1. The summed E-state index contributed by atoms with van der Waals surface area (Å²) in [6, 6.07) is 11.1. The van der Waals surface area contributed by atoms with Crippen molar-refractivity contribution in [3.8, 4) is 11.5 Å². The zero-order chi connectivity index (χ0) is 21.7. The molecule has 29 heavy (non-hydrogen) atoms. The van der Waals surface area contributed by atoms with Crippen LogP contribution < -0.4 is 19.5 Å². The minimum absolute atomic E-state index is 0.0685. The van der Waals surface area contributed by atoms with Gasteiger partial charge in [0.2, 0.25) is 5.91 Å². The van der Waals surface area contributed by atoms with Crippen LogP contribution in [0.5, 0.6) is 11.5 Å². The molecule has 1 amide bonds. The molecule has 0 unspecified atom stereocenters. The van der Waals surface area contributed by atoms with Crippen molar-refractivity contribution in [1.82, 2.24) is 0 Å². The van der Waals surface area contributed by atoms with Gasteiger partial charge in [0.15, 0.2) is 0 Å². The fourth-order valence-electron chi connectivity index (χ4n) is 2.42. The molecule has 0 atom stereocenters. The van der Waals surface area contributed by atoms with Crippen LogP contribution in [0.3, 0.4) is 0 Å². The maximum atomic E-state index is 12.9. The van der Waals surface area contributed by atoms with Gasteiger partial charge < -0.3 is 14.8 Å². The highest BCUT2D eigenvalue weighted by Gasteiger charge is 2.26. The second-order valence-electron chi connectivity index (χ2n) is 7.12. The molecule has 158 valence electrons. The molecule has 0 bridgehead atoms. The quantitative estimate of drug-likeness (QED) is 0.632. The van der Waals surface area contributed by atoms with Gasteiger partial charge in [0.05, 0.1) is 13.7 Å². The fraction of sp³-hybridized carbons (Fsp3) is 0.381. The molecule has 0 spiro atoms. The number of sulfonamides is 1. The first-order chi connectivity index (χ1) is 13.6. The van der Waals surface area contributed by atoms with Crippen molar-refractivity contribution >= 4 is 27.3 Å². The summed E-state index contributed by atoms with van der Waals surface area (Å²) >= 11 is 0. The third-order valence-electron chi connectivity index (χ3n) is 4.63. The Kier molecular flexibility index (Phi) is 7.13. The average molecular weight is 421 g/mol. The molecule has 2 aromatic carbocycles. The van der Waals surface area contributed by atoms with E-state index in [0.717, 1.165) is 0 Å². The van der Waals surface area contributed by atoms with Crippen molar-refractivity contribution in [3.05, 3.63) is 42.5 Å². The molecule has 0 aliphatic heterocycles. The number of hydrogen-bond donors (Lipinski definition) is 2. The van der Waals surface area contributed by atoms with E-state index in [2.05, 4.69) is 10.0 Å². The third kappa shape index (κ3) is 5.63. The maximum Gasteiger partial charge on any atom is 0.265 e. The van der Waals surface area contributed by atoms with Gasteiger partial charge in [-0.05, 0) is 55.8 Å². The van der Waals surface area contributed by atoms with Crippen LogP contribution in [0.25, 0.3) is 0 Å². The van der Waals surface area contributed by atoms with Crippen LogP contribution in [0.2, 0.25) is 0 Å². The van der Waals surface area contributed by atoms with Crippen molar-refractivity contribution in [1.29, 1.82) is 0 Å². The minimum Gasteiger partial charge on any atom is -0.495 e. The molecule has 0 saturated carbocycles. The second kappa shape index (κ2) is 9.17. The van der Waals surface area contributed by atoms with Crippen molar-refractivity contribution in [2.45, 2.75) is 39.0 Å². The molecule has 0 aliphatic carbocycles. The Morgan fingerprint density at radius 3 is 2.21 bits per heavy atom. The molecule has 2 rings (SSSR count). The summed E-state index contributed by atoms with van der Waals surface area (Å²) in [5, 5.41) is 2.78. The summed E-state index contributed by atoms with van der Waals surface area (Å²) in [6.07, 6.45) is 0.652. The van der Waals surface area contributed by atoms with E-state index in [-0.39, 0.29) is 16.6 Å². The van der Waals surface area contributed by atoms with Gasteiger partial charge in [-0.3, -0.25) is 9.52 Å². The summed E-state index contributed by atoms with van der Waals surface area (Å²) in [7, 11) is -2.56. The molecule has 0 fully saturated rings. The summed E-state index contributed by atoms with van der Waals surface area (Å²) in [5.41, 5.74) is 0.195. The van der Waals surface area contributed by atoms with Gasteiger partial charge in [0.25, 0.3) is 10.0 Å². The van der Waals surface area contributed by atoms with Crippen LogP contribution in [-0.2, 0) is 14.8 Å². The smallest absolute Gasteiger partial charge is 0.265 e. The number of rotatable bonds is 9. The lowest BCUT2D eigenvalue weighted by atomic mass is 9.89. The summed E-state index contributed by atoms with van der Waals surface area (Å²) in [5.74, 6) is 0.639. The molecule has 0 aromatic heterocycles. The fourth-order valence-corrected chi connectivity index (χ4v) is 3.68. The number of ether oxygens (including phenoxy) is 2. The first-order valence-corrected chi connectivity index (χ1v) is 10.9. The van der Waals surface area contributed by atoms with Gasteiger partial charge in [0.1, 0.15) is 16.4 Å². The number of nitrogens with one attached hydrogen (secondary N) is 2. The molecule has 0 aliphatic rings. The predicted octanol–water partition coefficient (Wildman–Crippen LogP) is 4.27. The van der Waals surface area contributed by atoms with Crippen molar-refractivity contribution < 1.29 is 22.7 Å². The van der Waals surface area contributed by atoms with E-state index < -0.39 is 15.4 Å². The van der Waals surface area contributed by atoms with E-state index in [4.69, 9.17) is 9.47 Å². The maximum absolute atomic E-state index is 12.9. The lowest BCUT2D eigenvalue weighted by molar-refractivity contribution is -0.124. The topological polar surface area (TPSA) is 93.7 Å². The first kappa shape index (κ1) is 22.5. The van der Waals surface area contributed by atoms with Gasteiger partial charge in [-0.25, -0.2) is 8.42 Å². The largest absolute Gasteiger partial charge is 0.495 e. The number of amides is 1. The highest BCUT2D eigenvalue weighted by Crippen LogP contribution is 2.30. The molecular formula is C21H28N2O5S. The Morgan fingerprint density at radius 2 is 1.66 bits per heavy atom. The monoisotopic (exact) mass is 420 g/mol. The standard InChI is InChI=1S/C21H28N2O5S/c1-6-21(3,4)20(24)22-16-10-13-18(27-5)19(14-16)29(25,26)23-15-8-11-17(12-9-15)28-7-2/h8-14,23H,6-7H2,1-5H3,(H,22,24). The molecule has 0 radical (unpaired) electrons. The van der Waals surface area contributed by atoms with E-state index in [1.54, 1.807) is 30.3 Å². The molecule has 7 nitrogen and oxygen atoms in total. The Hall–Kier alpha value is -2.74. The first-order valence-electron chi connectivity index (χ1n) is 9.38. The number of carbonyl (C=O) groups excluding carboxylic acids is 1. The molecular weight excluding hydrogens is 392 g/mol. The van der Waals surface area contributed by atoms with Crippen LogP contribution in [0, 0.1) is 5.41 Å². The summed E-state index contributed by atoms with van der Waals surface area (Å²) < 4.78 is 39.0. The van der Waals surface area contributed by atoms with Gasteiger partial charge in [-0.15, -0.1) is 0 Å². The van der Waals surface area contributed by atoms with Crippen molar-refractivity contribution in [2.75, 3.05) is 23.8 Å². The Balaban J connectivity index is 2.31. The zero-order valence-corrected chi connectivity index (χ0v) is 18.2. The van der Waals surface area contributed by atoms with Gasteiger partial charge in [-0.1, -0.05) is 20.8 Å². The normalized spacial score (nSPS) is 11.6. The molecule has 0 heterocycles. The number of anilines is 2. The molecule has 8 heteroatoms. The minimum atomic E-state index is -3.95. The van der Waals surface area contributed by atoms with E-state index in [0.29, 0.717) is 30.2 Å². The number of hydrogen-bond acceptors (Lipinski definition) is 5. The van der Waals surface area contributed by atoms with Gasteiger partial charge in [0, 0.05) is 16.8 Å². The summed E-state index contributed by atoms with van der Waals surface area (Å²) in [4.78, 5) is 12.4. The van der Waals surface area contributed by atoms with Crippen LogP contribution in [0.1, 0.15) is 34.1 Å². The number of benzene rings is 2. The molecule has 2 aromatic rings.